The lowest BCUT2D eigenvalue weighted by atomic mass is 9.71. The molecule has 5 aromatic rings. The third-order valence-corrected chi connectivity index (χ3v) is 11.4. The Labute approximate surface area is 318 Å². The van der Waals surface area contributed by atoms with Crippen LogP contribution in [0.3, 0.4) is 0 Å². The van der Waals surface area contributed by atoms with E-state index in [9.17, 15) is 57.8 Å². The zero-order chi connectivity index (χ0) is 41.3. The Morgan fingerprint density at radius 3 is 1.67 bits per heavy atom. The standard InChI is InChI=1S/C42H33F12N2O/c1-2-24-22-56(10-8-25(24)18-37(56)38(57)35-7-9-55-36-6-4-3-5-34(35)36)21-23-11-26(28-14-30(39(43,44)45)19-31(15-28)40(46,47)48)13-27(12-23)29-16-32(41(49,50)51)20-33(17-29)42(52,53)54/h2-7,9,11-17,19-20,24-25,37-38,57H,1,8,10,18,21-22H2/q+1/t24-,25?,37-,38?,56?/m0/s1. The third kappa shape index (κ3) is 8.00. The van der Waals surface area contributed by atoms with Crippen LogP contribution in [-0.4, -0.2) is 33.7 Å². The summed E-state index contributed by atoms with van der Waals surface area (Å²) in [6.45, 7) is 4.82. The minimum Gasteiger partial charge on any atom is -0.382 e. The second kappa shape index (κ2) is 14.2. The van der Waals surface area contributed by atoms with E-state index in [4.69, 9.17) is 0 Å². The number of fused-ring (bicyclic) bond motifs is 4. The highest BCUT2D eigenvalue weighted by Gasteiger charge is 2.54. The summed E-state index contributed by atoms with van der Waals surface area (Å²) in [5, 5.41) is 12.9. The van der Waals surface area contributed by atoms with Crippen molar-refractivity contribution in [1.29, 1.82) is 0 Å². The van der Waals surface area contributed by atoms with Gasteiger partial charge in [-0.3, -0.25) is 4.98 Å². The van der Waals surface area contributed by atoms with E-state index in [1.54, 1.807) is 42.6 Å². The number of benzene rings is 4. The van der Waals surface area contributed by atoms with Crippen molar-refractivity contribution in [2.45, 2.75) is 56.2 Å². The molecule has 3 nitrogen and oxygen atoms in total. The molecule has 3 fully saturated rings. The van der Waals surface area contributed by atoms with Crippen LogP contribution in [0.2, 0.25) is 0 Å². The Balaban J connectivity index is 1.44. The summed E-state index contributed by atoms with van der Waals surface area (Å²) in [5.41, 5.74) is -7.02. The maximum atomic E-state index is 14.0. The van der Waals surface area contributed by atoms with Crippen LogP contribution in [0.15, 0.2) is 104 Å². The third-order valence-electron chi connectivity index (χ3n) is 11.4. The van der Waals surface area contributed by atoms with E-state index in [2.05, 4.69) is 11.6 Å². The number of nitrogens with zero attached hydrogens (tertiary/aromatic N) is 2. The largest absolute Gasteiger partial charge is 0.416 e. The van der Waals surface area contributed by atoms with Gasteiger partial charge in [0.1, 0.15) is 18.7 Å². The molecule has 0 saturated carbocycles. The zero-order valence-electron chi connectivity index (χ0n) is 29.7. The lowest BCUT2D eigenvalue weighted by Gasteiger charge is -2.58. The molecule has 1 N–H and O–H groups in total. The van der Waals surface area contributed by atoms with Crippen LogP contribution < -0.4 is 0 Å². The number of aliphatic hydroxyl groups excluding tert-OH is 1. The summed E-state index contributed by atoms with van der Waals surface area (Å²) in [7, 11) is 0. The maximum absolute atomic E-state index is 14.0. The molecule has 3 aliphatic rings. The highest BCUT2D eigenvalue weighted by Crippen LogP contribution is 2.49. The van der Waals surface area contributed by atoms with Crippen molar-refractivity contribution in [2.75, 3.05) is 13.1 Å². The quantitative estimate of drug-likeness (QED) is 0.101. The van der Waals surface area contributed by atoms with Gasteiger partial charge in [0.25, 0.3) is 0 Å². The van der Waals surface area contributed by atoms with E-state index in [-0.39, 0.29) is 51.7 Å². The number of hydrogen-bond donors (Lipinski definition) is 1. The summed E-state index contributed by atoms with van der Waals surface area (Å²) in [6, 6.07) is 13.6. The van der Waals surface area contributed by atoms with Crippen LogP contribution in [-0.2, 0) is 31.2 Å². The monoisotopic (exact) mass is 809 g/mol. The van der Waals surface area contributed by atoms with Gasteiger partial charge in [0.15, 0.2) is 0 Å². The summed E-state index contributed by atoms with van der Waals surface area (Å²) in [6.07, 6.45) is -17.6. The summed E-state index contributed by atoms with van der Waals surface area (Å²) in [4.78, 5) is 4.38. The number of aromatic nitrogens is 1. The Kier molecular flexibility index (Phi) is 10.0. The second-order valence-electron chi connectivity index (χ2n) is 14.9. The Morgan fingerprint density at radius 1 is 0.684 bits per heavy atom. The van der Waals surface area contributed by atoms with Gasteiger partial charge in [-0.15, -0.1) is 6.58 Å². The van der Waals surface area contributed by atoms with Crippen LogP contribution in [0.25, 0.3) is 33.2 Å². The number of piperidine rings is 3. The van der Waals surface area contributed by atoms with E-state index >= 15 is 0 Å². The number of alkyl halides is 12. The van der Waals surface area contributed by atoms with Crippen LogP contribution >= 0.6 is 0 Å². The fourth-order valence-electron chi connectivity index (χ4n) is 8.69. The molecule has 2 bridgehead atoms. The molecular formula is C42H33F12N2O+. The number of para-hydroxylation sites is 1. The van der Waals surface area contributed by atoms with Gasteiger partial charge in [-0.25, -0.2) is 0 Å². The van der Waals surface area contributed by atoms with E-state index in [0.29, 0.717) is 66.7 Å². The topological polar surface area (TPSA) is 33.1 Å². The van der Waals surface area contributed by atoms with E-state index < -0.39 is 70.2 Å². The molecule has 57 heavy (non-hydrogen) atoms. The van der Waals surface area contributed by atoms with Gasteiger partial charge in [-0.05, 0) is 100 Å². The van der Waals surface area contributed by atoms with Gasteiger partial charge < -0.3 is 9.59 Å². The number of quaternary nitrogens is 1. The van der Waals surface area contributed by atoms with Gasteiger partial charge in [0, 0.05) is 35.9 Å². The van der Waals surface area contributed by atoms with Crippen molar-refractivity contribution in [2.24, 2.45) is 11.8 Å². The molecule has 15 heteroatoms. The number of halogens is 12. The van der Waals surface area contributed by atoms with Crippen molar-refractivity contribution in [3.63, 3.8) is 0 Å². The molecule has 3 unspecified atom stereocenters. The van der Waals surface area contributed by atoms with Crippen LogP contribution in [0.5, 0.6) is 0 Å². The molecule has 0 spiro atoms. The first kappa shape index (κ1) is 40.3. The van der Waals surface area contributed by atoms with Gasteiger partial charge in [-0.1, -0.05) is 24.3 Å². The molecule has 3 aliphatic heterocycles. The highest BCUT2D eigenvalue weighted by molar-refractivity contribution is 5.82. The predicted molar refractivity (Wildman–Crippen MR) is 188 cm³/mol. The Hall–Kier alpha value is -4.89. The molecule has 0 amide bonds. The smallest absolute Gasteiger partial charge is 0.382 e. The van der Waals surface area contributed by atoms with Crippen molar-refractivity contribution in [3.8, 4) is 22.3 Å². The van der Waals surface area contributed by atoms with E-state index in [1.165, 1.54) is 12.1 Å². The zero-order valence-corrected chi connectivity index (χ0v) is 29.7. The van der Waals surface area contributed by atoms with Gasteiger partial charge in [0.2, 0.25) is 0 Å². The van der Waals surface area contributed by atoms with Crippen LogP contribution in [0, 0.1) is 11.8 Å². The first-order valence-corrected chi connectivity index (χ1v) is 17.8. The molecular weight excluding hydrogens is 776 g/mol. The maximum Gasteiger partial charge on any atom is 0.416 e. The van der Waals surface area contributed by atoms with Gasteiger partial charge >= 0.3 is 24.7 Å². The molecule has 5 atom stereocenters. The predicted octanol–water partition coefficient (Wildman–Crippen LogP) is 12.3. The minimum absolute atomic E-state index is 0.0289. The molecule has 4 heterocycles. The van der Waals surface area contributed by atoms with Crippen LogP contribution in [0.4, 0.5) is 52.7 Å². The first-order chi connectivity index (χ1) is 26.6. The average molecular weight is 810 g/mol. The number of aliphatic hydroxyl groups is 1. The molecule has 0 aliphatic carbocycles. The lowest BCUT2D eigenvalue weighted by molar-refractivity contribution is -0.984. The summed E-state index contributed by atoms with van der Waals surface area (Å²) >= 11 is 0. The number of hydrogen-bond acceptors (Lipinski definition) is 2. The fraction of sp³-hybridized carbons (Fsp3) is 0.310. The van der Waals surface area contributed by atoms with Crippen molar-refractivity contribution < 1.29 is 62.3 Å². The summed E-state index contributed by atoms with van der Waals surface area (Å²) in [5.74, 6) is 0.0589. The molecule has 0 radical (unpaired) electrons. The fourth-order valence-corrected chi connectivity index (χ4v) is 8.69. The molecule has 4 aromatic carbocycles. The minimum atomic E-state index is -5.24. The van der Waals surface area contributed by atoms with Crippen LogP contribution in [0.1, 0.15) is 52.3 Å². The van der Waals surface area contributed by atoms with E-state index in [0.717, 1.165) is 6.07 Å². The molecule has 3 saturated heterocycles. The summed E-state index contributed by atoms with van der Waals surface area (Å²) < 4.78 is 168. The Bertz CT molecular complexity index is 2160. The highest BCUT2D eigenvalue weighted by atomic mass is 19.4. The first-order valence-electron chi connectivity index (χ1n) is 17.8. The normalized spacial score (nSPS) is 22.2. The van der Waals surface area contributed by atoms with Gasteiger partial charge in [-0.2, -0.15) is 52.7 Å². The SMILES string of the molecule is C=C[C@H]1C[N+]2(Cc3cc(-c4cc(C(F)(F)F)cc(C(F)(F)F)c4)cc(-c4cc(C(F)(F)F)cc(C(F)(F)F)c4)c3)CCC1C[C@H]2C(O)c1ccnc2ccccc12. The van der Waals surface area contributed by atoms with Crippen molar-refractivity contribution in [1.82, 2.24) is 4.98 Å². The molecule has 1 aromatic heterocycles. The second-order valence-corrected chi connectivity index (χ2v) is 14.9. The molecule has 8 rings (SSSR count). The average Bonchev–Trinajstić information content (AvgIpc) is 3.15. The van der Waals surface area contributed by atoms with Crippen molar-refractivity contribution >= 4 is 10.9 Å². The van der Waals surface area contributed by atoms with Crippen molar-refractivity contribution in [3.05, 3.63) is 137 Å². The number of pyridine rings is 1. The Morgan fingerprint density at radius 2 is 1.18 bits per heavy atom. The lowest BCUT2D eigenvalue weighted by Crippen LogP contribution is -2.67. The van der Waals surface area contributed by atoms with E-state index in [1.807, 2.05) is 0 Å². The molecule has 300 valence electrons. The number of rotatable bonds is 7. The van der Waals surface area contributed by atoms with Gasteiger partial charge in [0.05, 0.1) is 40.9 Å².